The number of hydrogen-bond acceptors (Lipinski definition) is 4. The van der Waals surface area contributed by atoms with E-state index >= 15 is 0 Å². The highest BCUT2D eigenvalue weighted by atomic mass is 16.5. The van der Waals surface area contributed by atoms with Gasteiger partial charge >= 0.3 is 0 Å². The molecule has 1 heterocycles. The normalized spacial score (nSPS) is 16.3. The molecule has 0 radical (unpaired) electrons. The first-order valence-electron chi connectivity index (χ1n) is 10.8. The lowest BCUT2D eigenvalue weighted by Crippen LogP contribution is -2.20. The molecule has 0 bridgehead atoms. The number of nitrogens with zero attached hydrogens (tertiary/aromatic N) is 1. The van der Waals surface area contributed by atoms with Gasteiger partial charge in [-0.15, -0.1) is 0 Å². The number of carbonyl (C=O) groups is 1. The SMILES string of the molecule is COc1ccc(-c2ccc(CN3CCC(C=O)C3)cc2C)cc1OCc1ccccc1. The van der Waals surface area contributed by atoms with Crippen LogP contribution in [0.25, 0.3) is 11.1 Å². The van der Waals surface area contributed by atoms with Crippen LogP contribution in [-0.4, -0.2) is 31.4 Å². The molecule has 0 amide bonds. The maximum Gasteiger partial charge on any atom is 0.162 e. The van der Waals surface area contributed by atoms with Crippen LogP contribution in [0.5, 0.6) is 11.5 Å². The van der Waals surface area contributed by atoms with Crippen LogP contribution in [0.4, 0.5) is 0 Å². The van der Waals surface area contributed by atoms with Crippen LogP contribution in [0.3, 0.4) is 0 Å². The number of carbonyl (C=O) groups excluding carboxylic acids is 1. The van der Waals surface area contributed by atoms with Crippen LogP contribution in [0, 0.1) is 12.8 Å². The zero-order valence-electron chi connectivity index (χ0n) is 18.2. The smallest absolute Gasteiger partial charge is 0.162 e. The molecule has 1 saturated heterocycles. The van der Waals surface area contributed by atoms with Gasteiger partial charge in [0.05, 0.1) is 7.11 Å². The maximum absolute atomic E-state index is 11.0. The molecule has 0 aromatic heterocycles. The molecular weight excluding hydrogens is 386 g/mol. The Bertz CT molecular complexity index is 1030. The van der Waals surface area contributed by atoms with Crippen LogP contribution in [0.2, 0.25) is 0 Å². The van der Waals surface area contributed by atoms with Crippen molar-refractivity contribution in [2.24, 2.45) is 5.92 Å². The van der Waals surface area contributed by atoms with Crippen molar-refractivity contribution in [1.82, 2.24) is 4.90 Å². The quantitative estimate of drug-likeness (QED) is 0.470. The van der Waals surface area contributed by atoms with Crippen molar-refractivity contribution in [3.05, 3.63) is 83.4 Å². The topological polar surface area (TPSA) is 38.8 Å². The Kier molecular flexibility index (Phi) is 6.68. The Morgan fingerprint density at radius 1 is 1.00 bits per heavy atom. The number of methoxy groups -OCH3 is 1. The molecule has 31 heavy (non-hydrogen) atoms. The minimum atomic E-state index is 0.189. The molecule has 1 aliphatic rings. The molecule has 160 valence electrons. The van der Waals surface area contributed by atoms with Crippen molar-refractivity contribution in [2.45, 2.75) is 26.5 Å². The monoisotopic (exact) mass is 415 g/mol. The minimum Gasteiger partial charge on any atom is -0.493 e. The second kappa shape index (κ2) is 9.80. The van der Waals surface area contributed by atoms with E-state index < -0.39 is 0 Å². The fraction of sp³-hybridized carbons (Fsp3) is 0.296. The van der Waals surface area contributed by atoms with E-state index in [1.807, 2.05) is 24.3 Å². The standard InChI is InChI=1S/C27H29NO3/c1-20-14-22(16-28-13-12-23(17-28)18-29)8-10-25(20)24-9-11-26(30-2)27(15-24)31-19-21-6-4-3-5-7-21/h3-11,14-15,18,23H,12-13,16-17,19H2,1-2H3. The van der Waals surface area contributed by atoms with Crippen LogP contribution in [0.1, 0.15) is 23.1 Å². The van der Waals surface area contributed by atoms with Gasteiger partial charge in [0.2, 0.25) is 0 Å². The first kappa shape index (κ1) is 21.1. The summed E-state index contributed by atoms with van der Waals surface area (Å²) in [6, 6.07) is 22.8. The van der Waals surface area contributed by atoms with Crippen molar-refractivity contribution >= 4 is 6.29 Å². The third kappa shape index (κ3) is 5.15. The summed E-state index contributed by atoms with van der Waals surface area (Å²) in [5.41, 5.74) is 5.91. The molecule has 1 aliphatic heterocycles. The Morgan fingerprint density at radius 2 is 1.84 bits per heavy atom. The van der Waals surface area contributed by atoms with Gasteiger partial charge in [-0.3, -0.25) is 4.90 Å². The third-order valence-corrected chi connectivity index (χ3v) is 5.91. The van der Waals surface area contributed by atoms with Gasteiger partial charge in [0.1, 0.15) is 12.9 Å². The predicted molar refractivity (Wildman–Crippen MR) is 123 cm³/mol. The number of ether oxygens (including phenoxy) is 2. The summed E-state index contributed by atoms with van der Waals surface area (Å²) in [5, 5.41) is 0. The van der Waals surface area contributed by atoms with Crippen molar-refractivity contribution < 1.29 is 14.3 Å². The fourth-order valence-electron chi connectivity index (χ4n) is 4.22. The largest absolute Gasteiger partial charge is 0.493 e. The average Bonchev–Trinajstić information content (AvgIpc) is 3.26. The molecule has 0 N–H and O–H groups in total. The summed E-state index contributed by atoms with van der Waals surface area (Å²) in [4.78, 5) is 13.4. The Balaban J connectivity index is 1.51. The molecule has 1 unspecified atom stereocenters. The number of rotatable bonds is 8. The van der Waals surface area contributed by atoms with Crippen molar-refractivity contribution in [1.29, 1.82) is 0 Å². The summed E-state index contributed by atoms with van der Waals surface area (Å²) in [6.07, 6.45) is 2.06. The molecule has 4 heteroatoms. The van der Waals surface area contributed by atoms with E-state index in [-0.39, 0.29) is 5.92 Å². The summed E-state index contributed by atoms with van der Waals surface area (Å²) in [6.45, 7) is 5.39. The number of likely N-dealkylation sites (tertiary alicyclic amines) is 1. The molecule has 1 fully saturated rings. The van der Waals surface area contributed by atoms with Gasteiger partial charge in [0, 0.05) is 19.0 Å². The Hall–Kier alpha value is -3.11. The first-order valence-corrected chi connectivity index (χ1v) is 10.8. The van der Waals surface area contributed by atoms with Crippen LogP contribution < -0.4 is 9.47 Å². The van der Waals surface area contributed by atoms with E-state index in [0.29, 0.717) is 6.61 Å². The summed E-state index contributed by atoms with van der Waals surface area (Å²) < 4.78 is 11.6. The molecule has 0 spiro atoms. The zero-order valence-corrected chi connectivity index (χ0v) is 18.2. The van der Waals surface area contributed by atoms with Gasteiger partial charge in [0.15, 0.2) is 11.5 Å². The summed E-state index contributed by atoms with van der Waals surface area (Å²) in [5.74, 6) is 1.66. The van der Waals surface area contributed by atoms with Crippen LogP contribution in [0.15, 0.2) is 66.7 Å². The highest BCUT2D eigenvalue weighted by Crippen LogP contribution is 2.34. The van der Waals surface area contributed by atoms with Crippen molar-refractivity contribution in [3.8, 4) is 22.6 Å². The second-order valence-electron chi connectivity index (χ2n) is 8.21. The van der Waals surface area contributed by atoms with E-state index in [0.717, 1.165) is 55.0 Å². The molecule has 4 nitrogen and oxygen atoms in total. The summed E-state index contributed by atoms with van der Waals surface area (Å²) >= 11 is 0. The molecule has 0 saturated carbocycles. The van der Waals surface area contributed by atoms with Gasteiger partial charge in [-0.2, -0.15) is 0 Å². The highest BCUT2D eigenvalue weighted by Gasteiger charge is 2.21. The highest BCUT2D eigenvalue weighted by molar-refractivity contribution is 5.70. The Labute approximate surface area is 184 Å². The van der Waals surface area contributed by atoms with Gasteiger partial charge in [-0.05, 0) is 59.8 Å². The van der Waals surface area contributed by atoms with Crippen LogP contribution in [-0.2, 0) is 17.9 Å². The lowest BCUT2D eigenvalue weighted by Gasteiger charge is -2.17. The summed E-state index contributed by atoms with van der Waals surface area (Å²) in [7, 11) is 1.66. The lowest BCUT2D eigenvalue weighted by atomic mass is 9.98. The maximum atomic E-state index is 11.0. The fourth-order valence-corrected chi connectivity index (χ4v) is 4.22. The van der Waals surface area contributed by atoms with E-state index in [9.17, 15) is 4.79 Å². The number of benzene rings is 3. The molecule has 3 aromatic rings. The molecular formula is C27H29NO3. The average molecular weight is 416 g/mol. The van der Waals surface area contributed by atoms with E-state index in [1.165, 1.54) is 16.7 Å². The molecule has 0 aliphatic carbocycles. The lowest BCUT2D eigenvalue weighted by molar-refractivity contribution is -0.110. The third-order valence-electron chi connectivity index (χ3n) is 5.91. The minimum absolute atomic E-state index is 0.189. The molecule has 3 aromatic carbocycles. The first-order chi connectivity index (χ1) is 15.2. The van der Waals surface area contributed by atoms with Crippen LogP contribution >= 0.6 is 0 Å². The predicted octanol–water partition coefficient (Wildman–Crippen LogP) is 5.27. The number of aldehydes is 1. The Morgan fingerprint density at radius 3 is 2.55 bits per heavy atom. The van der Waals surface area contributed by atoms with E-state index in [2.05, 4.69) is 54.3 Å². The van der Waals surface area contributed by atoms with Crippen molar-refractivity contribution in [2.75, 3.05) is 20.2 Å². The van der Waals surface area contributed by atoms with E-state index in [1.54, 1.807) is 7.11 Å². The van der Waals surface area contributed by atoms with Crippen molar-refractivity contribution in [3.63, 3.8) is 0 Å². The number of aryl methyl sites for hydroxylation is 1. The van der Waals surface area contributed by atoms with Gasteiger partial charge < -0.3 is 14.3 Å². The zero-order chi connectivity index (χ0) is 21.6. The van der Waals surface area contributed by atoms with Gasteiger partial charge in [-0.25, -0.2) is 0 Å². The number of hydrogen-bond donors (Lipinski definition) is 0. The second-order valence-corrected chi connectivity index (χ2v) is 8.21. The molecule has 4 rings (SSSR count). The molecule has 1 atom stereocenters. The van der Waals surface area contributed by atoms with Gasteiger partial charge in [-0.1, -0.05) is 54.6 Å². The van der Waals surface area contributed by atoms with E-state index in [4.69, 9.17) is 9.47 Å². The van der Waals surface area contributed by atoms with Gasteiger partial charge in [0.25, 0.3) is 0 Å².